The predicted molar refractivity (Wildman–Crippen MR) is 75.8 cm³/mol. The van der Waals surface area contributed by atoms with Gasteiger partial charge >= 0.3 is 0 Å². The number of nitrogens with zero attached hydrogens (tertiary/aromatic N) is 1. The van der Waals surface area contributed by atoms with Gasteiger partial charge in [-0.25, -0.2) is 4.39 Å². The zero-order valence-electron chi connectivity index (χ0n) is 11.2. The number of rotatable bonds is 4. The fraction of sp³-hybridized carbons (Fsp3) is 0.500. The maximum atomic E-state index is 12.7. The fourth-order valence-corrected chi connectivity index (χ4v) is 2.95. The second-order valence-corrected chi connectivity index (χ2v) is 5.94. The van der Waals surface area contributed by atoms with E-state index >= 15 is 0 Å². The van der Waals surface area contributed by atoms with E-state index in [1.165, 1.54) is 17.0 Å². The van der Waals surface area contributed by atoms with Crippen LogP contribution in [0.5, 0.6) is 0 Å². The van der Waals surface area contributed by atoms with Gasteiger partial charge in [0.05, 0.1) is 39.0 Å². The quantitative estimate of drug-likeness (QED) is 0.866. The Balaban J connectivity index is 1.70. The lowest BCUT2D eigenvalue weighted by atomic mass is 10.2. The SMILES string of the molecule is C[NH+]1CCN(C(=O)CSCc2ccc(F)cc2)CC1. The first kappa shape index (κ1) is 14.3. The summed E-state index contributed by atoms with van der Waals surface area (Å²) >= 11 is 1.59. The van der Waals surface area contributed by atoms with Gasteiger partial charge in [-0.3, -0.25) is 4.79 Å². The minimum absolute atomic E-state index is 0.218. The zero-order valence-corrected chi connectivity index (χ0v) is 12.0. The van der Waals surface area contributed by atoms with Crippen molar-refractivity contribution in [2.75, 3.05) is 39.0 Å². The van der Waals surface area contributed by atoms with Gasteiger partial charge < -0.3 is 9.80 Å². The molecule has 1 saturated heterocycles. The van der Waals surface area contributed by atoms with Crippen LogP contribution in [-0.4, -0.2) is 49.8 Å². The van der Waals surface area contributed by atoms with Gasteiger partial charge in [0.15, 0.2) is 0 Å². The summed E-state index contributed by atoms with van der Waals surface area (Å²) in [5, 5.41) is 0. The Bertz CT molecular complexity index is 416. The lowest BCUT2D eigenvalue weighted by Crippen LogP contribution is -3.12. The van der Waals surface area contributed by atoms with Crippen LogP contribution in [0.1, 0.15) is 5.56 Å². The monoisotopic (exact) mass is 283 g/mol. The molecule has 0 unspecified atom stereocenters. The molecule has 104 valence electrons. The van der Waals surface area contributed by atoms with E-state index in [1.54, 1.807) is 23.9 Å². The van der Waals surface area contributed by atoms with Crippen molar-refractivity contribution in [1.82, 2.24) is 4.90 Å². The van der Waals surface area contributed by atoms with Crippen molar-refractivity contribution in [3.63, 3.8) is 0 Å². The van der Waals surface area contributed by atoms with Gasteiger partial charge in [0.1, 0.15) is 5.82 Å². The van der Waals surface area contributed by atoms with Gasteiger partial charge in [-0.1, -0.05) is 12.1 Å². The summed E-state index contributed by atoms with van der Waals surface area (Å²) in [4.78, 5) is 15.4. The van der Waals surface area contributed by atoms with E-state index < -0.39 is 0 Å². The standard InChI is InChI=1S/C14H19FN2OS/c1-16-6-8-17(9-7-16)14(18)11-19-10-12-2-4-13(15)5-3-12/h2-5H,6-11H2,1H3/p+1. The van der Waals surface area contributed by atoms with Crippen LogP contribution in [0.4, 0.5) is 4.39 Å². The molecule has 1 aliphatic rings. The Labute approximate surface area is 117 Å². The van der Waals surface area contributed by atoms with Crippen LogP contribution in [-0.2, 0) is 10.5 Å². The topological polar surface area (TPSA) is 24.8 Å². The lowest BCUT2D eigenvalue weighted by molar-refractivity contribution is -0.883. The molecule has 0 atom stereocenters. The molecule has 1 fully saturated rings. The Hall–Kier alpha value is -1.07. The van der Waals surface area contributed by atoms with E-state index in [9.17, 15) is 9.18 Å². The normalized spacial score (nSPS) is 16.6. The summed E-state index contributed by atoms with van der Waals surface area (Å²) in [6, 6.07) is 6.46. The molecule has 1 amide bonds. The highest BCUT2D eigenvalue weighted by molar-refractivity contribution is 7.99. The molecular weight excluding hydrogens is 263 g/mol. The Morgan fingerprint density at radius 2 is 1.95 bits per heavy atom. The fourth-order valence-electron chi connectivity index (χ4n) is 2.07. The molecule has 1 aliphatic heterocycles. The molecule has 19 heavy (non-hydrogen) atoms. The summed E-state index contributed by atoms with van der Waals surface area (Å²) in [5.74, 6) is 1.27. The number of thioether (sulfide) groups is 1. The molecule has 2 rings (SSSR count). The minimum Gasteiger partial charge on any atom is -0.334 e. The number of piperazine rings is 1. The molecule has 0 radical (unpaired) electrons. The van der Waals surface area contributed by atoms with Crippen molar-refractivity contribution in [2.24, 2.45) is 0 Å². The van der Waals surface area contributed by atoms with Gasteiger partial charge in [-0.2, -0.15) is 0 Å². The first-order chi connectivity index (χ1) is 9.15. The number of benzene rings is 1. The van der Waals surface area contributed by atoms with E-state index in [-0.39, 0.29) is 11.7 Å². The van der Waals surface area contributed by atoms with Crippen molar-refractivity contribution < 1.29 is 14.1 Å². The van der Waals surface area contributed by atoms with Crippen LogP contribution in [0.2, 0.25) is 0 Å². The molecular formula is C14H20FN2OS+. The average molecular weight is 283 g/mol. The van der Waals surface area contributed by atoms with Crippen molar-refractivity contribution in [1.29, 1.82) is 0 Å². The highest BCUT2D eigenvalue weighted by atomic mass is 32.2. The van der Waals surface area contributed by atoms with Crippen LogP contribution >= 0.6 is 11.8 Å². The first-order valence-corrected chi connectivity index (χ1v) is 7.72. The highest BCUT2D eigenvalue weighted by Crippen LogP contribution is 2.13. The van der Waals surface area contributed by atoms with Gasteiger partial charge in [0, 0.05) is 5.75 Å². The molecule has 1 aromatic carbocycles. The molecule has 5 heteroatoms. The number of hydrogen-bond acceptors (Lipinski definition) is 2. The molecule has 1 heterocycles. The third-order valence-corrected chi connectivity index (χ3v) is 4.37. The van der Waals surface area contributed by atoms with E-state index in [1.807, 2.05) is 4.90 Å². The third kappa shape index (κ3) is 4.51. The summed E-state index contributed by atoms with van der Waals surface area (Å²) < 4.78 is 12.7. The highest BCUT2D eigenvalue weighted by Gasteiger charge is 2.20. The number of hydrogen-bond donors (Lipinski definition) is 1. The number of quaternary nitrogens is 1. The zero-order chi connectivity index (χ0) is 13.7. The lowest BCUT2D eigenvalue weighted by Gasteiger charge is -2.30. The summed E-state index contributed by atoms with van der Waals surface area (Å²) in [6.07, 6.45) is 0. The maximum Gasteiger partial charge on any atom is 0.232 e. The summed E-state index contributed by atoms with van der Waals surface area (Å²) in [7, 11) is 2.16. The number of amides is 1. The maximum absolute atomic E-state index is 12.7. The van der Waals surface area contributed by atoms with E-state index in [0.29, 0.717) is 5.75 Å². The van der Waals surface area contributed by atoms with Gasteiger partial charge in [0.2, 0.25) is 5.91 Å². The molecule has 1 aromatic rings. The number of halogens is 1. The summed E-state index contributed by atoms with van der Waals surface area (Å²) in [5.41, 5.74) is 1.06. The van der Waals surface area contributed by atoms with Crippen molar-refractivity contribution in [2.45, 2.75) is 5.75 Å². The second-order valence-electron chi connectivity index (χ2n) is 4.96. The van der Waals surface area contributed by atoms with Crippen LogP contribution in [0.3, 0.4) is 0 Å². The second kappa shape index (κ2) is 6.91. The Morgan fingerprint density at radius 3 is 2.58 bits per heavy atom. The van der Waals surface area contributed by atoms with Crippen LogP contribution in [0, 0.1) is 5.82 Å². The smallest absolute Gasteiger partial charge is 0.232 e. The molecule has 1 N–H and O–H groups in total. The molecule has 0 bridgehead atoms. The Morgan fingerprint density at radius 1 is 1.32 bits per heavy atom. The average Bonchev–Trinajstić information content (AvgIpc) is 2.41. The van der Waals surface area contributed by atoms with E-state index in [4.69, 9.17) is 0 Å². The van der Waals surface area contributed by atoms with Gasteiger partial charge in [0.25, 0.3) is 0 Å². The summed E-state index contributed by atoms with van der Waals surface area (Å²) in [6.45, 7) is 3.80. The Kier molecular flexibility index (Phi) is 5.22. The molecule has 0 aliphatic carbocycles. The van der Waals surface area contributed by atoms with Crippen molar-refractivity contribution in [3.05, 3.63) is 35.6 Å². The van der Waals surface area contributed by atoms with Crippen molar-refractivity contribution in [3.8, 4) is 0 Å². The molecule has 3 nitrogen and oxygen atoms in total. The number of carbonyl (C=O) groups excluding carboxylic acids is 1. The number of nitrogens with one attached hydrogen (secondary N) is 1. The molecule has 0 aromatic heterocycles. The van der Waals surface area contributed by atoms with Gasteiger partial charge in [-0.05, 0) is 17.7 Å². The first-order valence-electron chi connectivity index (χ1n) is 6.56. The van der Waals surface area contributed by atoms with E-state index in [0.717, 1.165) is 37.5 Å². The largest absolute Gasteiger partial charge is 0.334 e. The molecule has 0 saturated carbocycles. The minimum atomic E-state index is -0.218. The van der Waals surface area contributed by atoms with E-state index in [2.05, 4.69) is 7.05 Å². The van der Waals surface area contributed by atoms with Gasteiger partial charge in [-0.15, -0.1) is 11.8 Å². The number of carbonyl (C=O) groups is 1. The van der Waals surface area contributed by atoms with Crippen LogP contribution < -0.4 is 4.90 Å². The van der Waals surface area contributed by atoms with Crippen molar-refractivity contribution >= 4 is 17.7 Å². The third-order valence-electron chi connectivity index (χ3n) is 3.38. The number of likely N-dealkylation sites (N-methyl/N-ethyl adjacent to an activating group) is 1. The molecule has 0 spiro atoms. The van der Waals surface area contributed by atoms with Crippen LogP contribution in [0.25, 0.3) is 0 Å². The van der Waals surface area contributed by atoms with Crippen LogP contribution in [0.15, 0.2) is 24.3 Å². The predicted octanol–water partition coefficient (Wildman–Crippen LogP) is 0.416.